The number of ether oxygens (including phenoxy) is 2. The zero-order valence-corrected chi connectivity index (χ0v) is 16.1. The number of halogens is 1. The molecule has 1 N–H and O–H groups in total. The van der Waals surface area contributed by atoms with Gasteiger partial charge >= 0.3 is 16.2 Å². The SMILES string of the molecule is CCOC(=O)c1ccc(C(=O)NS(=O)(=O)N2CC3CC3C2)c(OC2CC2)c1F. The number of nitrogens with one attached hydrogen (secondary N) is 1. The number of amides is 1. The topological polar surface area (TPSA) is 102 Å². The van der Waals surface area contributed by atoms with Crippen LogP contribution in [0.2, 0.25) is 0 Å². The molecular formula is C18H21FN2O6S. The Labute approximate surface area is 162 Å². The van der Waals surface area contributed by atoms with Gasteiger partial charge in [-0.2, -0.15) is 12.7 Å². The van der Waals surface area contributed by atoms with Crippen LogP contribution in [0.5, 0.6) is 5.75 Å². The first-order valence-electron chi connectivity index (χ1n) is 9.28. The second kappa shape index (κ2) is 7.00. The van der Waals surface area contributed by atoms with Crippen LogP contribution in [-0.2, 0) is 14.9 Å². The van der Waals surface area contributed by atoms with Crippen molar-refractivity contribution in [2.24, 2.45) is 11.8 Å². The number of carbonyl (C=O) groups is 2. The second-order valence-corrected chi connectivity index (χ2v) is 9.02. The lowest BCUT2D eigenvalue weighted by molar-refractivity contribution is 0.0519. The van der Waals surface area contributed by atoms with Crippen molar-refractivity contribution in [3.05, 3.63) is 29.1 Å². The van der Waals surface area contributed by atoms with E-state index in [1.54, 1.807) is 6.92 Å². The average Bonchev–Trinajstić information content (AvgIpc) is 3.56. The van der Waals surface area contributed by atoms with Crippen LogP contribution in [0.25, 0.3) is 0 Å². The predicted molar refractivity (Wildman–Crippen MR) is 95.6 cm³/mol. The van der Waals surface area contributed by atoms with Gasteiger partial charge in [0.15, 0.2) is 11.6 Å². The Morgan fingerprint density at radius 2 is 1.86 bits per heavy atom. The monoisotopic (exact) mass is 412 g/mol. The van der Waals surface area contributed by atoms with Crippen molar-refractivity contribution in [2.45, 2.75) is 32.3 Å². The van der Waals surface area contributed by atoms with Gasteiger partial charge in [0, 0.05) is 13.1 Å². The van der Waals surface area contributed by atoms with Crippen LogP contribution < -0.4 is 9.46 Å². The van der Waals surface area contributed by atoms with E-state index in [1.807, 2.05) is 4.72 Å². The smallest absolute Gasteiger partial charge is 0.341 e. The van der Waals surface area contributed by atoms with Crippen LogP contribution in [0.4, 0.5) is 4.39 Å². The first kappa shape index (κ1) is 19.1. The van der Waals surface area contributed by atoms with Crippen molar-refractivity contribution in [3.8, 4) is 5.75 Å². The van der Waals surface area contributed by atoms with Crippen molar-refractivity contribution >= 4 is 22.1 Å². The Morgan fingerprint density at radius 1 is 1.21 bits per heavy atom. The van der Waals surface area contributed by atoms with Crippen LogP contribution in [0.3, 0.4) is 0 Å². The van der Waals surface area contributed by atoms with E-state index in [0.717, 1.165) is 12.5 Å². The van der Waals surface area contributed by atoms with Gasteiger partial charge in [0.25, 0.3) is 5.91 Å². The van der Waals surface area contributed by atoms with Gasteiger partial charge in [-0.15, -0.1) is 0 Å². The fourth-order valence-electron chi connectivity index (χ4n) is 3.36. The summed E-state index contributed by atoms with van der Waals surface area (Å²) in [5.74, 6) is -2.60. The van der Waals surface area contributed by atoms with Crippen LogP contribution in [0.15, 0.2) is 12.1 Å². The molecule has 2 unspecified atom stereocenters. The molecule has 1 saturated heterocycles. The summed E-state index contributed by atoms with van der Waals surface area (Å²) in [5.41, 5.74) is -0.637. The van der Waals surface area contributed by atoms with Gasteiger partial charge in [-0.1, -0.05) is 0 Å². The number of benzene rings is 1. The van der Waals surface area contributed by atoms with Crippen molar-refractivity contribution in [2.75, 3.05) is 19.7 Å². The molecule has 152 valence electrons. The molecule has 10 heteroatoms. The number of rotatable bonds is 7. The first-order chi connectivity index (χ1) is 13.3. The van der Waals surface area contributed by atoms with Crippen molar-refractivity contribution in [3.63, 3.8) is 0 Å². The zero-order valence-electron chi connectivity index (χ0n) is 15.3. The number of esters is 1. The van der Waals surface area contributed by atoms with Gasteiger partial charge in [0.2, 0.25) is 0 Å². The lowest BCUT2D eigenvalue weighted by Gasteiger charge is -2.19. The van der Waals surface area contributed by atoms with Gasteiger partial charge in [-0.25, -0.2) is 13.9 Å². The highest BCUT2D eigenvalue weighted by Gasteiger charge is 2.49. The third kappa shape index (κ3) is 3.70. The lowest BCUT2D eigenvalue weighted by Crippen LogP contribution is -2.43. The molecule has 0 radical (unpaired) electrons. The van der Waals surface area contributed by atoms with E-state index in [0.29, 0.717) is 37.8 Å². The van der Waals surface area contributed by atoms with E-state index in [2.05, 4.69) is 0 Å². The summed E-state index contributed by atoms with van der Waals surface area (Å²) < 4.78 is 53.3. The third-order valence-electron chi connectivity index (χ3n) is 5.15. The van der Waals surface area contributed by atoms with Crippen molar-refractivity contribution in [1.29, 1.82) is 0 Å². The summed E-state index contributed by atoms with van der Waals surface area (Å²) in [6, 6.07) is 2.28. The minimum Gasteiger partial charge on any atom is -0.486 e. The van der Waals surface area contributed by atoms with Gasteiger partial charge in [-0.3, -0.25) is 4.79 Å². The highest BCUT2D eigenvalue weighted by molar-refractivity contribution is 7.87. The summed E-state index contributed by atoms with van der Waals surface area (Å²) in [6.45, 7) is 2.42. The van der Waals surface area contributed by atoms with E-state index < -0.39 is 33.7 Å². The van der Waals surface area contributed by atoms with Crippen molar-refractivity contribution in [1.82, 2.24) is 9.03 Å². The fraction of sp³-hybridized carbons (Fsp3) is 0.556. The largest absolute Gasteiger partial charge is 0.486 e. The van der Waals surface area contributed by atoms with Gasteiger partial charge < -0.3 is 9.47 Å². The van der Waals surface area contributed by atoms with E-state index in [9.17, 15) is 22.4 Å². The van der Waals surface area contributed by atoms with E-state index >= 15 is 0 Å². The summed E-state index contributed by atoms with van der Waals surface area (Å²) in [4.78, 5) is 24.5. The number of nitrogens with zero attached hydrogens (tertiary/aromatic N) is 1. The first-order valence-corrected chi connectivity index (χ1v) is 10.7. The summed E-state index contributed by atoms with van der Waals surface area (Å²) in [6.07, 6.45) is 2.14. The highest BCUT2D eigenvalue weighted by atomic mass is 32.2. The minimum atomic E-state index is -4.02. The number of fused-ring (bicyclic) bond motifs is 1. The molecule has 0 bridgehead atoms. The second-order valence-electron chi connectivity index (χ2n) is 7.35. The molecule has 8 nitrogen and oxygen atoms in total. The lowest BCUT2D eigenvalue weighted by atomic mass is 10.1. The van der Waals surface area contributed by atoms with Gasteiger partial charge in [0.05, 0.1) is 23.8 Å². The van der Waals surface area contributed by atoms with E-state index in [-0.39, 0.29) is 23.8 Å². The highest BCUT2D eigenvalue weighted by Crippen LogP contribution is 2.45. The van der Waals surface area contributed by atoms with Crippen LogP contribution in [0.1, 0.15) is 46.9 Å². The standard InChI is InChI=1S/C18H21FN2O6S/c1-2-26-18(23)13-5-6-14(16(15(13)19)27-12-3-4-12)17(22)20-28(24,25)21-8-10-7-11(10)9-21/h5-6,10-12H,2-4,7-9H2,1H3,(H,20,22). The number of piperidine rings is 1. The molecule has 2 atom stereocenters. The molecule has 3 aliphatic rings. The molecule has 0 spiro atoms. The number of hydrogen-bond acceptors (Lipinski definition) is 6. The van der Waals surface area contributed by atoms with Crippen LogP contribution in [0, 0.1) is 17.7 Å². The zero-order chi connectivity index (χ0) is 20.1. The molecule has 2 saturated carbocycles. The summed E-state index contributed by atoms with van der Waals surface area (Å²) in [5, 5.41) is 0. The summed E-state index contributed by atoms with van der Waals surface area (Å²) in [7, 11) is -4.02. The molecule has 0 aromatic heterocycles. The Morgan fingerprint density at radius 3 is 2.46 bits per heavy atom. The molecule has 1 aromatic carbocycles. The Balaban J connectivity index is 1.59. The van der Waals surface area contributed by atoms with Crippen LogP contribution >= 0.6 is 0 Å². The minimum absolute atomic E-state index is 0.0649. The number of hydrogen-bond donors (Lipinski definition) is 1. The Bertz CT molecular complexity index is 920. The maximum atomic E-state index is 14.9. The fourth-order valence-corrected chi connectivity index (χ4v) is 4.61. The van der Waals surface area contributed by atoms with Gasteiger partial charge in [0.1, 0.15) is 0 Å². The average molecular weight is 412 g/mol. The van der Waals surface area contributed by atoms with Crippen LogP contribution in [-0.4, -0.2) is 50.4 Å². The molecular weight excluding hydrogens is 391 g/mol. The van der Waals surface area contributed by atoms with E-state index in [4.69, 9.17) is 9.47 Å². The molecule has 1 aromatic rings. The van der Waals surface area contributed by atoms with Gasteiger partial charge in [-0.05, 0) is 50.2 Å². The van der Waals surface area contributed by atoms with Crippen molar-refractivity contribution < 1.29 is 31.9 Å². The molecule has 28 heavy (non-hydrogen) atoms. The normalized spacial score (nSPS) is 23.8. The Hall–Kier alpha value is -2.20. The number of carbonyl (C=O) groups excluding carboxylic acids is 2. The molecule has 2 aliphatic carbocycles. The molecule has 1 heterocycles. The molecule has 1 aliphatic heterocycles. The third-order valence-corrected chi connectivity index (χ3v) is 6.57. The predicted octanol–water partition coefficient (Wildman–Crippen LogP) is 1.47. The summed E-state index contributed by atoms with van der Waals surface area (Å²) >= 11 is 0. The van der Waals surface area contributed by atoms with E-state index in [1.165, 1.54) is 10.4 Å². The molecule has 1 amide bonds. The molecule has 4 rings (SSSR count). The maximum absolute atomic E-state index is 14.9. The Kier molecular flexibility index (Phi) is 4.78. The molecule has 3 fully saturated rings. The quantitative estimate of drug-likeness (QED) is 0.681. The maximum Gasteiger partial charge on any atom is 0.341 e.